The predicted molar refractivity (Wildman–Crippen MR) is 52.1 cm³/mol. The number of Topliss-reactive ketones (excluding diaryl/α,β-unsaturated/α-hetero) is 1. The summed E-state index contributed by atoms with van der Waals surface area (Å²) in [5.41, 5.74) is 0. The Morgan fingerprint density at radius 2 is 2.07 bits per heavy atom. The van der Waals surface area contributed by atoms with E-state index in [0.717, 1.165) is 6.42 Å². The molecule has 0 saturated heterocycles. The van der Waals surface area contributed by atoms with Crippen LogP contribution in [0.15, 0.2) is 0 Å². The van der Waals surface area contributed by atoms with Crippen LogP contribution in [-0.4, -0.2) is 23.0 Å². The number of carboxylic acid groups (broad SMARTS) is 1. The highest BCUT2D eigenvalue weighted by atomic mass is 16.4. The van der Waals surface area contributed by atoms with E-state index in [1.807, 2.05) is 13.8 Å². The third-order valence-electron chi connectivity index (χ3n) is 2.97. The molecule has 1 amide bonds. The maximum absolute atomic E-state index is 11.5. The Balaban J connectivity index is 2.51. The number of rotatable bonds is 3. The number of ketones is 1. The van der Waals surface area contributed by atoms with Gasteiger partial charge in [-0.15, -0.1) is 0 Å². The Morgan fingerprint density at radius 1 is 1.43 bits per heavy atom. The number of hydrogen-bond donors (Lipinski definition) is 2. The van der Waals surface area contributed by atoms with Crippen molar-refractivity contribution in [2.24, 2.45) is 11.8 Å². The Bertz CT molecular complexity index is 240. The molecule has 4 nitrogen and oxygen atoms in total. The van der Waals surface area contributed by atoms with Crippen LogP contribution in [0, 0.1) is 11.8 Å². The molecule has 14 heavy (non-hydrogen) atoms. The summed E-state index contributed by atoms with van der Waals surface area (Å²) in [5.74, 6) is 0.614. The first kappa shape index (κ1) is 11.0. The summed E-state index contributed by atoms with van der Waals surface area (Å²) < 4.78 is 0. The van der Waals surface area contributed by atoms with Crippen molar-refractivity contribution in [3.63, 3.8) is 0 Å². The third kappa shape index (κ3) is 2.47. The lowest BCUT2D eigenvalue weighted by Gasteiger charge is -2.11. The number of hydrogen-bond acceptors (Lipinski definition) is 2. The molecule has 1 aliphatic carbocycles. The van der Waals surface area contributed by atoms with Gasteiger partial charge in [-0.3, -0.25) is 4.79 Å². The fourth-order valence-corrected chi connectivity index (χ4v) is 2.25. The topological polar surface area (TPSA) is 66.4 Å². The van der Waals surface area contributed by atoms with Crippen molar-refractivity contribution >= 4 is 11.9 Å². The van der Waals surface area contributed by atoms with E-state index in [4.69, 9.17) is 5.11 Å². The van der Waals surface area contributed by atoms with Gasteiger partial charge >= 0.3 is 6.09 Å². The summed E-state index contributed by atoms with van der Waals surface area (Å²) in [6.45, 7) is 3.87. The summed E-state index contributed by atoms with van der Waals surface area (Å²) in [5, 5.41) is 11.0. The van der Waals surface area contributed by atoms with Crippen LogP contribution in [0.3, 0.4) is 0 Å². The standard InChI is InChI=1S/C10H17NO3/c1-3-9(12)8-5-7(4-6(8)2)11-10(13)14/h6-8,11H,3-5H2,1-2H3,(H,13,14). The first-order valence-electron chi connectivity index (χ1n) is 5.06. The lowest BCUT2D eigenvalue weighted by Crippen LogP contribution is -2.31. The minimum Gasteiger partial charge on any atom is -0.465 e. The van der Waals surface area contributed by atoms with Gasteiger partial charge in [-0.1, -0.05) is 13.8 Å². The summed E-state index contributed by atoms with van der Waals surface area (Å²) in [6.07, 6.45) is 1.00. The summed E-state index contributed by atoms with van der Waals surface area (Å²) in [7, 11) is 0. The second-order valence-corrected chi connectivity index (χ2v) is 4.02. The van der Waals surface area contributed by atoms with Gasteiger partial charge in [0.25, 0.3) is 0 Å². The van der Waals surface area contributed by atoms with Crippen molar-refractivity contribution in [3.8, 4) is 0 Å². The second kappa shape index (κ2) is 4.44. The average molecular weight is 199 g/mol. The molecule has 0 radical (unpaired) electrons. The molecule has 0 aliphatic heterocycles. The van der Waals surface area contributed by atoms with E-state index in [1.165, 1.54) is 0 Å². The van der Waals surface area contributed by atoms with Crippen LogP contribution in [0.25, 0.3) is 0 Å². The second-order valence-electron chi connectivity index (χ2n) is 4.02. The van der Waals surface area contributed by atoms with Gasteiger partial charge in [0, 0.05) is 18.4 Å². The zero-order chi connectivity index (χ0) is 10.7. The molecule has 0 bridgehead atoms. The largest absolute Gasteiger partial charge is 0.465 e. The molecule has 0 aromatic rings. The molecule has 0 aromatic heterocycles. The van der Waals surface area contributed by atoms with Crippen molar-refractivity contribution in [3.05, 3.63) is 0 Å². The smallest absolute Gasteiger partial charge is 0.404 e. The average Bonchev–Trinajstić information content (AvgIpc) is 2.44. The van der Waals surface area contributed by atoms with Crippen LogP contribution >= 0.6 is 0 Å². The molecule has 0 aromatic carbocycles. The quantitative estimate of drug-likeness (QED) is 0.726. The molecule has 1 fully saturated rings. The molecule has 80 valence electrons. The van der Waals surface area contributed by atoms with Crippen molar-refractivity contribution in [2.45, 2.75) is 39.2 Å². The minimum atomic E-state index is -0.994. The van der Waals surface area contributed by atoms with Crippen molar-refractivity contribution < 1.29 is 14.7 Å². The molecule has 3 unspecified atom stereocenters. The van der Waals surface area contributed by atoms with Crippen molar-refractivity contribution in [1.29, 1.82) is 0 Å². The van der Waals surface area contributed by atoms with Gasteiger partial charge in [-0.05, 0) is 18.8 Å². The Kier molecular flexibility index (Phi) is 3.49. The van der Waals surface area contributed by atoms with E-state index in [-0.39, 0.29) is 17.7 Å². The molecule has 1 saturated carbocycles. The Hall–Kier alpha value is -1.06. The monoisotopic (exact) mass is 199 g/mol. The van der Waals surface area contributed by atoms with Crippen LogP contribution in [0.5, 0.6) is 0 Å². The zero-order valence-electron chi connectivity index (χ0n) is 8.62. The predicted octanol–water partition coefficient (Wildman–Crippen LogP) is 1.65. The summed E-state index contributed by atoms with van der Waals surface area (Å²) in [4.78, 5) is 21.9. The van der Waals surface area contributed by atoms with Crippen molar-refractivity contribution in [1.82, 2.24) is 5.32 Å². The van der Waals surface area contributed by atoms with Gasteiger partial charge in [-0.2, -0.15) is 0 Å². The van der Waals surface area contributed by atoms with Gasteiger partial charge in [-0.25, -0.2) is 4.79 Å². The van der Waals surface area contributed by atoms with E-state index >= 15 is 0 Å². The molecule has 1 aliphatic rings. The molecule has 0 spiro atoms. The fourth-order valence-electron chi connectivity index (χ4n) is 2.25. The first-order valence-corrected chi connectivity index (χ1v) is 5.06. The maximum Gasteiger partial charge on any atom is 0.404 e. The minimum absolute atomic E-state index is 0.0389. The summed E-state index contributed by atoms with van der Waals surface area (Å²) >= 11 is 0. The SMILES string of the molecule is CCC(=O)C1CC(NC(=O)O)CC1C. The molecule has 1 rings (SSSR count). The van der Waals surface area contributed by atoms with E-state index in [9.17, 15) is 9.59 Å². The van der Waals surface area contributed by atoms with Crippen LogP contribution in [0.1, 0.15) is 33.1 Å². The molecular weight excluding hydrogens is 182 g/mol. The number of carbonyl (C=O) groups is 2. The Morgan fingerprint density at radius 3 is 2.57 bits per heavy atom. The van der Waals surface area contributed by atoms with Gasteiger partial charge in [0.1, 0.15) is 5.78 Å². The van der Waals surface area contributed by atoms with Gasteiger partial charge in [0.2, 0.25) is 0 Å². The lowest BCUT2D eigenvalue weighted by atomic mass is 9.92. The van der Waals surface area contributed by atoms with Crippen LogP contribution in [-0.2, 0) is 4.79 Å². The highest BCUT2D eigenvalue weighted by Gasteiger charge is 2.35. The maximum atomic E-state index is 11.5. The van der Waals surface area contributed by atoms with E-state index < -0.39 is 6.09 Å². The van der Waals surface area contributed by atoms with E-state index in [0.29, 0.717) is 18.8 Å². The molecular formula is C10H17NO3. The van der Waals surface area contributed by atoms with E-state index in [2.05, 4.69) is 5.32 Å². The Labute approximate surface area is 83.7 Å². The normalized spacial score (nSPS) is 31.4. The molecule has 3 atom stereocenters. The van der Waals surface area contributed by atoms with Crippen LogP contribution in [0.4, 0.5) is 4.79 Å². The zero-order valence-corrected chi connectivity index (χ0v) is 8.62. The highest BCUT2D eigenvalue weighted by Crippen LogP contribution is 2.32. The number of nitrogens with one attached hydrogen (secondary N) is 1. The van der Waals surface area contributed by atoms with E-state index in [1.54, 1.807) is 0 Å². The first-order chi connectivity index (χ1) is 6.54. The van der Waals surface area contributed by atoms with Gasteiger partial charge in [0.05, 0.1) is 0 Å². The lowest BCUT2D eigenvalue weighted by molar-refractivity contribution is -0.123. The van der Waals surface area contributed by atoms with Crippen LogP contribution in [0.2, 0.25) is 0 Å². The molecule has 4 heteroatoms. The van der Waals surface area contributed by atoms with Crippen molar-refractivity contribution in [2.75, 3.05) is 0 Å². The number of amides is 1. The summed E-state index contributed by atoms with van der Waals surface area (Å²) in [6, 6.07) is -0.0389. The van der Waals surface area contributed by atoms with Crippen LogP contribution < -0.4 is 5.32 Å². The molecule has 0 heterocycles. The molecule has 2 N–H and O–H groups in total. The van der Waals surface area contributed by atoms with Gasteiger partial charge in [0.15, 0.2) is 0 Å². The number of carbonyl (C=O) groups excluding carboxylic acids is 1. The highest BCUT2D eigenvalue weighted by molar-refractivity contribution is 5.81. The fraction of sp³-hybridized carbons (Fsp3) is 0.800. The third-order valence-corrected chi connectivity index (χ3v) is 2.97. The van der Waals surface area contributed by atoms with Gasteiger partial charge < -0.3 is 10.4 Å².